The molecule has 3 aliphatic rings. The van der Waals surface area contributed by atoms with Crippen LogP contribution in [0.25, 0.3) is 0 Å². The van der Waals surface area contributed by atoms with Crippen molar-refractivity contribution in [3.05, 3.63) is 29.8 Å². The molecule has 4 rings (SSSR count). The van der Waals surface area contributed by atoms with E-state index in [9.17, 15) is 43.5 Å². The number of rotatable bonds is 5. The first kappa shape index (κ1) is 42.5. The van der Waals surface area contributed by atoms with Gasteiger partial charge in [-0.25, -0.2) is 0 Å². The number of nitrogens with zero attached hydrogens (tertiary/aromatic N) is 2. The fraction of sp³-hybridized carbons (Fsp3) is 0.632. The third-order valence-corrected chi connectivity index (χ3v) is 10.6. The molecule has 17 nitrogen and oxygen atoms in total. The monoisotopic (exact) mass is 768 g/mol. The van der Waals surface area contributed by atoms with Gasteiger partial charge in [0.25, 0.3) is 0 Å². The Kier molecular flexibility index (Phi) is 14.6. The second-order valence-electron chi connectivity index (χ2n) is 15.2. The molecule has 8 amide bonds. The summed E-state index contributed by atoms with van der Waals surface area (Å²) in [5.41, 5.74) is 0.594. The van der Waals surface area contributed by atoms with Gasteiger partial charge in [0.15, 0.2) is 0 Å². The van der Waals surface area contributed by atoms with Crippen molar-refractivity contribution in [3.63, 3.8) is 0 Å². The quantitative estimate of drug-likeness (QED) is 0.199. The van der Waals surface area contributed by atoms with Gasteiger partial charge in [-0.2, -0.15) is 0 Å². The molecular weight excluding hydrogens is 712 g/mol. The van der Waals surface area contributed by atoms with E-state index in [2.05, 4.69) is 31.9 Å². The van der Waals surface area contributed by atoms with Crippen LogP contribution in [0.1, 0.15) is 79.2 Å². The Morgan fingerprint density at radius 1 is 0.673 bits per heavy atom. The molecule has 0 bridgehead atoms. The van der Waals surface area contributed by atoms with Crippen LogP contribution in [0, 0.1) is 11.8 Å². The van der Waals surface area contributed by atoms with Gasteiger partial charge in [0.05, 0.1) is 6.54 Å². The Bertz CT molecular complexity index is 1620. The van der Waals surface area contributed by atoms with Gasteiger partial charge in [-0.3, -0.25) is 38.4 Å². The molecule has 0 radical (unpaired) electrons. The topological polar surface area (TPSA) is 235 Å². The van der Waals surface area contributed by atoms with Crippen molar-refractivity contribution in [2.24, 2.45) is 11.8 Å². The third kappa shape index (κ3) is 10.7. The summed E-state index contributed by atoms with van der Waals surface area (Å²) in [5.74, 6) is -5.58. The summed E-state index contributed by atoms with van der Waals surface area (Å²) in [7, 11) is 0. The van der Waals surface area contributed by atoms with Crippen molar-refractivity contribution >= 4 is 47.3 Å². The molecule has 7 N–H and O–H groups in total. The summed E-state index contributed by atoms with van der Waals surface area (Å²) >= 11 is 0. The maximum absolute atomic E-state index is 14.1. The maximum Gasteiger partial charge on any atom is 0.246 e. The molecule has 3 heterocycles. The van der Waals surface area contributed by atoms with E-state index < -0.39 is 108 Å². The second kappa shape index (κ2) is 18.9. The number of carbonyl (C=O) groups is 8. The summed E-state index contributed by atoms with van der Waals surface area (Å²) < 4.78 is 0. The van der Waals surface area contributed by atoms with Crippen molar-refractivity contribution in [2.45, 2.75) is 122 Å². The molecule has 3 aliphatic heterocycles. The summed E-state index contributed by atoms with van der Waals surface area (Å²) in [6, 6.07) is -1.34. The van der Waals surface area contributed by atoms with Crippen molar-refractivity contribution in [1.82, 2.24) is 41.7 Å². The van der Waals surface area contributed by atoms with Crippen molar-refractivity contribution in [3.8, 4) is 5.75 Å². The number of amides is 8. The van der Waals surface area contributed by atoms with Crippen LogP contribution in [-0.4, -0.2) is 124 Å². The molecule has 0 saturated carbocycles. The van der Waals surface area contributed by atoms with Gasteiger partial charge in [0.1, 0.15) is 48.0 Å². The number of fused-ring (bicyclic) bond motifs is 2. The van der Waals surface area contributed by atoms with Crippen LogP contribution in [0.2, 0.25) is 0 Å². The van der Waals surface area contributed by atoms with Crippen LogP contribution in [0.3, 0.4) is 0 Å². The fourth-order valence-electron chi connectivity index (χ4n) is 7.13. The zero-order valence-corrected chi connectivity index (χ0v) is 32.5. The van der Waals surface area contributed by atoms with E-state index in [-0.39, 0.29) is 25.3 Å². The highest BCUT2D eigenvalue weighted by Crippen LogP contribution is 2.22. The molecule has 17 heteroatoms. The highest BCUT2D eigenvalue weighted by molar-refractivity contribution is 5.98. The van der Waals surface area contributed by atoms with Crippen molar-refractivity contribution in [2.75, 3.05) is 19.6 Å². The standard InChI is InChI=1S/C38H56N8O9/c1-7-21(4)31-36(53)42-26(18-24-12-14-25(47)15-13-24)33(50)41-23(6)37(54)45-16-8-10-27(45)34(51)39-19-29(48)40-22(5)32(49)43-30(20(2)3)38(55)46-17-9-11-28(46)35(52)44-31/h12-15,20-23,26-28,30-31,47H,7-11,16-19H2,1-6H3,(H,39,51)(H,40,48)(H,41,50)(H,42,53)(H,43,49)(H,44,52)/t21-,22-,23-,26-,27-,28-,30-,31-/m0/s1. The van der Waals surface area contributed by atoms with Gasteiger partial charge < -0.3 is 46.8 Å². The smallest absolute Gasteiger partial charge is 0.246 e. The van der Waals surface area contributed by atoms with Gasteiger partial charge in [-0.1, -0.05) is 46.2 Å². The van der Waals surface area contributed by atoms with Crippen molar-refractivity contribution < 1.29 is 43.5 Å². The molecule has 8 atom stereocenters. The lowest BCUT2D eigenvalue weighted by Gasteiger charge is -2.33. The number of hydrogen-bond acceptors (Lipinski definition) is 9. The lowest BCUT2D eigenvalue weighted by Crippen LogP contribution is -2.61. The normalized spacial score (nSPS) is 28.9. The van der Waals surface area contributed by atoms with Gasteiger partial charge in [0.2, 0.25) is 47.3 Å². The molecule has 3 saturated heterocycles. The Labute approximate surface area is 321 Å². The molecule has 1 aromatic rings. The number of carbonyl (C=O) groups excluding carboxylic acids is 8. The van der Waals surface area contributed by atoms with Crippen molar-refractivity contribution in [1.29, 1.82) is 0 Å². The summed E-state index contributed by atoms with van der Waals surface area (Å²) in [6.45, 7) is 10.0. The van der Waals surface area contributed by atoms with Crippen LogP contribution in [0.5, 0.6) is 5.75 Å². The minimum Gasteiger partial charge on any atom is -0.508 e. The van der Waals surface area contributed by atoms with Gasteiger partial charge in [-0.15, -0.1) is 0 Å². The van der Waals surface area contributed by atoms with E-state index in [0.717, 1.165) is 0 Å². The van der Waals surface area contributed by atoms with E-state index in [0.29, 0.717) is 37.7 Å². The number of phenolic OH excluding ortho intramolecular Hbond substituents is 1. The average molecular weight is 769 g/mol. The Morgan fingerprint density at radius 2 is 1.25 bits per heavy atom. The lowest BCUT2D eigenvalue weighted by atomic mass is 9.96. The average Bonchev–Trinajstić information content (AvgIpc) is 3.85. The first-order valence-electron chi connectivity index (χ1n) is 19.2. The number of benzene rings is 1. The van der Waals surface area contributed by atoms with Gasteiger partial charge >= 0.3 is 0 Å². The second-order valence-corrected chi connectivity index (χ2v) is 15.2. The molecule has 0 aliphatic carbocycles. The van der Waals surface area contributed by atoms with E-state index in [4.69, 9.17) is 0 Å². The third-order valence-electron chi connectivity index (χ3n) is 10.6. The van der Waals surface area contributed by atoms with Crippen LogP contribution in [-0.2, 0) is 44.8 Å². The summed E-state index contributed by atoms with van der Waals surface area (Å²) in [5, 5.41) is 25.9. The van der Waals surface area contributed by atoms with Gasteiger partial charge in [0, 0.05) is 19.5 Å². The Hall–Kier alpha value is -5.22. The maximum atomic E-state index is 14.1. The van der Waals surface area contributed by atoms with Crippen LogP contribution >= 0.6 is 0 Å². The minimum atomic E-state index is -1.22. The molecular formula is C38H56N8O9. The van der Waals surface area contributed by atoms with E-state index in [1.165, 1.54) is 35.8 Å². The number of nitrogens with one attached hydrogen (secondary N) is 6. The van der Waals surface area contributed by atoms with E-state index >= 15 is 0 Å². The summed E-state index contributed by atoms with van der Waals surface area (Å²) in [6.07, 6.45) is 2.10. The zero-order chi connectivity index (χ0) is 40.6. The Morgan fingerprint density at radius 3 is 1.85 bits per heavy atom. The number of phenols is 1. The Balaban J connectivity index is 1.68. The van der Waals surface area contributed by atoms with E-state index in [1.807, 2.05) is 6.92 Å². The first-order chi connectivity index (χ1) is 26.0. The molecule has 0 aromatic heterocycles. The van der Waals surface area contributed by atoms with E-state index in [1.54, 1.807) is 32.9 Å². The number of aromatic hydroxyl groups is 1. The molecule has 0 unspecified atom stereocenters. The highest BCUT2D eigenvalue weighted by Gasteiger charge is 2.42. The largest absolute Gasteiger partial charge is 0.508 e. The fourth-order valence-corrected chi connectivity index (χ4v) is 7.13. The minimum absolute atomic E-state index is 0.00523. The molecule has 0 spiro atoms. The lowest BCUT2D eigenvalue weighted by molar-refractivity contribution is -0.143. The van der Waals surface area contributed by atoms with Crippen LogP contribution < -0.4 is 31.9 Å². The molecule has 3 fully saturated rings. The van der Waals surface area contributed by atoms with Gasteiger partial charge in [-0.05, 0) is 69.1 Å². The number of hydrogen-bond donors (Lipinski definition) is 7. The van der Waals surface area contributed by atoms with Crippen LogP contribution in [0.4, 0.5) is 0 Å². The predicted octanol–water partition coefficient (Wildman–Crippen LogP) is -0.788. The first-order valence-corrected chi connectivity index (χ1v) is 19.2. The molecule has 302 valence electrons. The highest BCUT2D eigenvalue weighted by atomic mass is 16.3. The molecule has 55 heavy (non-hydrogen) atoms. The zero-order valence-electron chi connectivity index (χ0n) is 32.5. The predicted molar refractivity (Wildman–Crippen MR) is 200 cm³/mol. The molecule has 1 aromatic carbocycles. The van der Waals surface area contributed by atoms with Crippen LogP contribution in [0.15, 0.2) is 24.3 Å². The SMILES string of the molecule is CC[C@H](C)[C@@H]1NC(=O)[C@@H]2CCCN2C(=O)[C@H](C(C)C)NC(=O)[C@H](C)NC(=O)CNC(=O)[C@@H]2CCCN2C(=O)[C@H](C)NC(=O)[C@H](Cc2ccc(O)cc2)NC1=O. The summed E-state index contributed by atoms with van der Waals surface area (Å²) in [4.78, 5) is 111.